The first-order chi connectivity index (χ1) is 9.56. The Kier molecular flexibility index (Phi) is 4.34. The van der Waals surface area contributed by atoms with Crippen LogP contribution in [0.4, 0.5) is 10.1 Å². The largest absolute Gasteiger partial charge is 0.478 e. The Labute approximate surface area is 115 Å². The normalized spacial score (nSPS) is 16.1. The zero-order chi connectivity index (χ0) is 14.5. The third-order valence-corrected chi connectivity index (χ3v) is 3.00. The van der Waals surface area contributed by atoms with Crippen LogP contribution in [0, 0.1) is 5.82 Å². The minimum atomic E-state index is -1.10. The van der Waals surface area contributed by atoms with Crippen LogP contribution in [0.3, 0.4) is 0 Å². The minimum absolute atomic E-state index is 0.0972. The summed E-state index contributed by atoms with van der Waals surface area (Å²) in [4.78, 5) is 24.0. The molecule has 0 spiro atoms. The number of nitrogens with one attached hydrogen (secondary N) is 1. The number of carbonyl (C=O) groups is 2. The van der Waals surface area contributed by atoms with Crippen molar-refractivity contribution in [3.05, 3.63) is 35.7 Å². The Morgan fingerprint density at radius 1 is 1.45 bits per heavy atom. The number of nitrogens with zero attached hydrogens (tertiary/aromatic N) is 1. The predicted octanol–water partition coefficient (Wildman–Crippen LogP) is 1.25. The quantitative estimate of drug-likeness (QED) is 0.816. The number of aliphatic carboxylic acids is 1. The van der Waals surface area contributed by atoms with Crippen LogP contribution >= 0.6 is 0 Å². The fourth-order valence-electron chi connectivity index (χ4n) is 2.12. The van der Waals surface area contributed by atoms with E-state index in [4.69, 9.17) is 5.11 Å². The van der Waals surface area contributed by atoms with E-state index in [1.165, 1.54) is 18.2 Å². The van der Waals surface area contributed by atoms with E-state index in [-0.39, 0.29) is 12.5 Å². The fourth-order valence-corrected chi connectivity index (χ4v) is 2.12. The van der Waals surface area contributed by atoms with Crippen LogP contribution in [-0.2, 0) is 9.59 Å². The monoisotopic (exact) mass is 278 g/mol. The lowest BCUT2D eigenvalue weighted by Gasteiger charge is -2.23. The Morgan fingerprint density at radius 2 is 2.25 bits per heavy atom. The first kappa shape index (κ1) is 14.0. The average molecular weight is 278 g/mol. The molecule has 6 heteroatoms. The van der Waals surface area contributed by atoms with Crippen LogP contribution in [0.15, 0.2) is 24.3 Å². The van der Waals surface area contributed by atoms with Crippen LogP contribution in [0.25, 0.3) is 6.08 Å². The number of carboxylic acids is 1. The van der Waals surface area contributed by atoms with Gasteiger partial charge in [-0.3, -0.25) is 4.79 Å². The van der Waals surface area contributed by atoms with Crippen molar-refractivity contribution in [1.82, 2.24) is 5.32 Å². The van der Waals surface area contributed by atoms with Gasteiger partial charge < -0.3 is 15.3 Å². The van der Waals surface area contributed by atoms with Crippen molar-refractivity contribution in [3.63, 3.8) is 0 Å². The van der Waals surface area contributed by atoms with Crippen LogP contribution in [-0.4, -0.2) is 36.6 Å². The highest BCUT2D eigenvalue weighted by molar-refractivity contribution is 5.88. The molecule has 1 heterocycles. The van der Waals surface area contributed by atoms with E-state index in [1.807, 2.05) is 4.90 Å². The van der Waals surface area contributed by atoms with Gasteiger partial charge in [-0.1, -0.05) is 0 Å². The topological polar surface area (TPSA) is 69.6 Å². The van der Waals surface area contributed by atoms with Crippen LogP contribution in [0.1, 0.15) is 12.0 Å². The zero-order valence-corrected chi connectivity index (χ0v) is 10.8. The van der Waals surface area contributed by atoms with Crippen LogP contribution < -0.4 is 10.2 Å². The SMILES string of the molecule is O=C(O)C=Cc1cc(F)ccc1N1CCCNC(=O)C1. The minimum Gasteiger partial charge on any atom is -0.478 e. The van der Waals surface area contributed by atoms with E-state index in [2.05, 4.69) is 5.32 Å². The van der Waals surface area contributed by atoms with Crippen molar-refractivity contribution in [2.75, 3.05) is 24.5 Å². The lowest BCUT2D eigenvalue weighted by Crippen LogP contribution is -2.33. The summed E-state index contributed by atoms with van der Waals surface area (Å²) in [5.41, 5.74) is 1.10. The van der Waals surface area contributed by atoms with Gasteiger partial charge in [0, 0.05) is 30.4 Å². The molecule has 0 saturated carbocycles. The number of carboxylic acid groups (broad SMARTS) is 1. The van der Waals surface area contributed by atoms with Gasteiger partial charge in [-0.15, -0.1) is 0 Å². The number of rotatable bonds is 3. The molecule has 1 saturated heterocycles. The molecule has 1 aliphatic rings. The summed E-state index contributed by atoms with van der Waals surface area (Å²) in [6.07, 6.45) is 3.07. The summed E-state index contributed by atoms with van der Waals surface area (Å²) in [7, 11) is 0. The van der Waals surface area contributed by atoms with Gasteiger partial charge in [-0.25, -0.2) is 9.18 Å². The molecule has 0 aromatic heterocycles. The standard InChI is InChI=1S/C14H15FN2O3/c15-11-3-4-12(10(8-11)2-5-14(19)20)17-7-1-6-16-13(18)9-17/h2-5,8H,1,6-7,9H2,(H,16,18)(H,19,20). The Hall–Kier alpha value is -2.37. The summed E-state index contributed by atoms with van der Waals surface area (Å²) >= 11 is 0. The lowest BCUT2D eigenvalue weighted by atomic mass is 10.1. The summed E-state index contributed by atoms with van der Waals surface area (Å²) in [6, 6.07) is 4.13. The van der Waals surface area contributed by atoms with Gasteiger partial charge in [-0.2, -0.15) is 0 Å². The van der Waals surface area contributed by atoms with Gasteiger partial charge in [-0.05, 0) is 30.7 Å². The van der Waals surface area contributed by atoms with Crippen LogP contribution in [0.5, 0.6) is 0 Å². The summed E-state index contributed by atoms with van der Waals surface area (Å²) in [6.45, 7) is 1.44. The van der Waals surface area contributed by atoms with E-state index in [9.17, 15) is 14.0 Å². The van der Waals surface area contributed by atoms with E-state index in [1.54, 1.807) is 6.07 Å². The Morgan fingerprint density at radius 3 is 3.00 bits per heavy atom. The molecule has 1 aromatic carbocycles. The van der Waals surface area contributed by atoms with Crippen molar-refractivity contribution in [3.8, 4) is 0 Å². The highest BCUT2D eigenvalue weighted by atomic mass is 19.1. The Balaban J connectivity index is 2.34. The molecule has 0 unspecified atom stereocenters. The van der Waals surface area contributed by atoms with E-state index < -0.39 is 11.8 Å². The van der Waals surface area contributed by atoms with Crippen molar-refractivity contribution >= 4 is 23.6 Å². The first-order valence-corrected chi connectivity index (χ1v) is 6.28. The highest BCUT2D eigenvalue weighted by Crippen LogP contribution is 2.24. The van der Waals surface area contributed by atoms with E-state index in [0.717, 1.165) is 12.5 Å². The van der Waals surface area contributed by atoms with Crippen molar-refractivity contribution in [1.29, 1.82) is 0 Å². The molecule has 1 aliphatic heterocycles. The third kappa shape index (κ3) is 3.57. The number of hydrogen-bond acceptors (Lipinski definition) is 3. The lowest BCUT2D eigenvalue weighted by molar-refractivity contribution is -0.131. The summed E-state index contributed by atoms with van der Waals surface area (Å²) in [5.74, 6) is -1.65. The molecule has 0 radical (unpaired) electrons. The first-order valence-electron chi connectivity index (χ1n) is 6.28. The van der Waals surface area contributed by atoms with Gasteiger partial charge >= 0.3 is 5.97 Å². The molecule has 1 fully saturated rings. The van der Waals surface area contributed by atoms with Gasteiger partial charge in [0.1, 0.15) is 5.82 Å². The molecule has 1 amide bonds. The van der Waals surface area contributed by atoms with Crippen molar-refractivity contribution in [2.24, 2.45) is 0 Å². The second kappa shape index (κ2) is 6.18. The van der Waals surface area contributed by atoms with E-state index in [0.29, 0.717) is 24.3 Å². The van der Waals surface area contributed by atoms with Gasteiger partial charge in [0.2, 0.25) is 5.91 Å². The molecule has 0 aliphatic carbocycles. The maximum absolute atomic E-state index is 13.3. The zero-order valence-electron chi connectivity index (χ0n) is 10.8. The number of benzene rings is 1. The number of hydrogen-bond donors (Lipinski definition) is 2. The maximum Gasteiger partial charge on any atom is 0.328 e. The van der Waals surface area contributed by atoms with Gasteiger partial charge in [0.15, 0.2) is 0 Å². The van der Waals surface area contributed by atoms with Crippen molar-refractivity contribution < 1.29 is 19.1 Å². The molecule has 5 nitrogen and oxygen atoms in total. The molecule has 0 atom stereocenters. The molecule has 20 heavy (non-hydrogen) atoms. The molecular formula is C14H15FN2O3. The van der Waals surface area contributed by atoms with E-state index >= 15 is 0 Å². The predicted molar refractivity (Wildman–Crippen MR) is 72.9 cm³/mol. The highest BCUT2D eigenvalue weighted by Gasteiger charge is 2.17. The maximum atomic E-state index is 13.3. The second-order valence-electron chi connectivity index (χ2n) is 4.50. The fraction of sp³-hybridized carbons (Fsp3) is 0.286. The molecule has 2 N–H and O–H groups in total. The smallest absolute Gasteiger partial charge is 0.328 e. The summed E-state index contributed by atoms with van der Waals surface area (Å²) in [5, 5.41) is 11.4. The van der Waals surface area contributed by atoms with Crippen molar-refractivity contribution in [2.45, 2.75) is 6.42 Å². The number of carbonyl (C=O) groups excluding carboxylic acids is 1. The van der Waals surface area contributed by atoms with Crippen LogP contribution in [0.2, 0.25) is 0 Å². The summed E-state index contributed by atoms with van der Waals surface area (Å²) < 4.78 is 13.3. The molecule has 0 bridgehead atoms. The average Bonchev–Trinajstić information content (AvgIpc) is 2.61. The third-order valence-electron chi connectivity index (χ3n) is 3.00. The molecule has 106 valence electrons. The second-order valence-corrected chi connectivity index (χ2v) is 4.50. The van der Waals surface area contributed by atoms with Gasteiger partial charge in [0.05, 0.1) is 6.54 Å². The number of halogens is 1. The molecular weight excluding hydrogens is 263 g/mol. The van der Waals surface area contributed by atoms with Gasteiger partial charge in [0.25, 0.3) is 0 Å². The molecule has 1 aromatic rings. The Bertz CT molecular complexity index is 557. The molecule has 2 rings (SSSR count). The number of anilines is 1. The number of amides is 1.